The normalized spacial score (nSPS) is 12.0. The van der Waals surface area contributed by atoms with E-state index in [9.17, 15) is 14.0 Å². The first-order valence-corrected chi connectivity index (χ1v) is 6.57. The predicted octanol–water partition coefficient (Wildman–Crippen LogP) is 2.03. The van der Waals surface area contributed by atoms with Gasteiger partial charge in [0.15, 0.2) is 0 Å². The summed E-state index contributed by atoms with van der Waals surface area (Å²) in [5, 5.41) is 2.59. The molecule has 0 aliphatic carbocycles. The smallest absolute Gasteiger partial charge is 0.310 e. The quantitative estimate of drug-likeness (QED) is 0.904. The fraction of sp³-hybridized carbons (Fsp3) is 0.267. The molecule has 0 aliphatic rings. The van der Waals surface area contributed by atoms with Crippen LogP contribution >= 0.6 is 0 Å². The number of rotatable bonds is 4. The summed E-state index contributed by atoms with van der Waals surface area (Å²) in [6.45, 7) is 3.44. The minimum Gasteiger partial charge on any atom is -0.310 e. The van der Waals surface area contributed by atoms with Gasteiger partial charge in [-0.2, -0.15) is 4.98 Å². The van der Waals surface area contributed by atoms with Crippen LogP contribution in [0.5, 0.6) is 0 Å². The van der Waals surface area contributed by atoms with Gasteiger partial charge in [-0.15, -0.1) is 0 Å². The van der Waals surface area contributed by atoms with E-state index in [4.69, 9.17) is 0 Å². The van der Waals surface area contributed by atoms with Gasteiger partial charge in [0.1, 0.15) is 11.6 Å². The summed E-state index contributed by atoms with van der Waals surface area (Å²) in [5.41, 5.74) is 0.846. The van der Waals surface area contributed by atoms with Crippen LogP contribution in [-0.2, 0) is 11.2 Å². The van der Waals surface area contributed by atoms with Gasteiger partial charge in [0.2, 0.25) is 5.91 Å². The number of carbonyl (C=O) groups excluding carboxylic acids is 1. The average molecular weight is 289 g/mol. The number of carbonyl (C=O) groups is 1. The molecule has 1 unspecified atom stereocenters. The molecule has 0 saturated carbocycles. The van der Waals surface area contributed by atoms with Crippen LogP contribution < -0.4 is 11.0 Å². The lowest BCUT2D eigenvalue weighted by Gasteiger charge is -2.12. The highest BCUT2D eigenvalue weighted by Gasteiger charge is 2.15. The molecular weight excluding hydrogens is 273 g/mol. The van der Waals surface area contributed by atoms with Crippen LogP contribution in [0.1, 0.15) is 18.2 Å². The summed E-state index contributed by atoms with van der Waals surface area (Å²) in [6, 6.07) is 7.71. The first kappa shape index (κ1) is 14.9. The Balaban J connectivity index is 2.04. The largest absolute Gasteiger partial charge is 0.347 e. The zero-order chi connectivity index (χ0) is 15.4. The van der Waals surface area contributed by atoms with Crippen LogP contribution in [0.4, 0.5) is 10.2 Å². The van der Waals surface area contributed by atoms with Gasteiger partial charge in [0.25, 0.3) is 0 Å². The third-order valence-electron chi connectivity index (χ3n) is 3.01. The number of aryl methyl sites for hydroxylation is 1. The van der Waals surface area contributed by atoms with Crippen LogP contribution in [0.25, 0.3) is 0 Å². The molecule has 0 radical (unpaired) electrons. The molecule has 2 N–H and O–H groups in total. The minimum absolute atomic E-state index is 0.215. The molecule has 0 aliphatic heterocycles. The topological polar surface area (TPSA) is 74.8 Å². The molecular formula is C15H16FN3O2. The highest BCUT2D eigenvalue weighted by molar-refractivity contribution is 5.91. The zero-order valence-corrected chi connectivity index (χ0v) is 11.8. The molecule has 0 saturated heterocycles. The van der Waals surface area contributed by atoms with Gasteiger partial charge in [0, 0.05) is 17.7 Å². The number of nitrogens with one attached hydrogen (secondary N) is 2. The van der Waals surface area contributed by atoms with Crippen LogP contribution in [0.15, 0.2) is 35.1 Å². The highest BCUT2D eigenvalue weighted by atomic mass is 19.1. The standard InChI is InChI=1S/C15H16FN3O2/c1-9(6-11-4-3-5-12(16)8-11)14(20)18-13-7-10(2)17-15(21)19-13/h3-5,7-9H,6H2,1-2H3,(H2,17,18,19,20,21). The monoisotopic (exact) mass is 289 g/mol. The van der Waals surface area contributed by atoms with Crippen LogP contribution in [0.2, 0.25) is 0 Å². The summed E-state index contributed by atoms with van der Waals surface area (Å²) in [6.07, 6.45) is 0.408. The van der Waals surface area contributed by atoms with Crippen molar-refractivity contribution < 1.29 is 9.18 Å². The molecule has 110 valence electrons. The summed E-state index contributed by atoms with van der Waals surface area (Å²) in [5.74, 6) is -0.746. The van der Waals surface area contributed by atoms with E-state index in [1.54, 1.807) is 32.0 Å². The second-order valence-electron chi connectivity index (χ2n) is 4.98. The molecule has 1 heterocycles. The van der Waals surface area contributed by atoms with Crippen molar-refractivity contribution in [3.05, 3.63) is 57.9 Å². The van der Waals surface area contributed by atoms with Crippen molar-refractivity contribution in [1.29, 1.82) is 0 Å². The molecule has 0 bridgehead atoms. The predicted molar refractivity (Wildman–Crippen MR) is 77.5 cm³/mol. The number of aromatic nitrogens is 2. The SMILES string of the molecule is Cc1cc(NC(=O)C(C)Cc2cccc(F)c2)nc(=O)[nH]1. The van der Waals surface area contributed by atoms with E-state index in [1.807, 2.05) is 0 Å². The molecule has 0 fully saturated rings. The summed E-state index contributed by atoms with van der Waals surface area (Å²) >= 11 is 0. The third-order valence-corrected chi connectivity index (χ3v) is 3.01. The first-order chi connectivity index (χ1) is 9.94. The maximum absolute atomic E-state index is 13.1. The van der Waals surface area contributed by atoms with Gasteiger partial charge in [-0.1, -0.05) is 19.1 Å². The fourth-order valence-electron chi connectivity index (χ4n) is 2.00. The molecule has 5 nitrogen and oxygen atoms in total. The van der Waals surface area contributed by atoms with Gasteiger partial charge < -0.3 is 10.3 Å². The number of anilines is 1. The van der Waals surface area contributed by atoms with E-state index in [2.05, 4.69) is 15.3 Å². The summed E-state index contributed by atoms with van der Waals surface area (Å²) in [4.78, 5) is 29.5. The Kier molecular flexibility index (Phi) is 4.47. The molecule has 1 aromatic heterocycles. The molecule has 1 atom stereocenters. The Bertz CT molecular complexity index is 712. The van der Waals surface area contributed by atoms with Crippen molar-refractivity contribution in [1.82, 2.24) is 9.97 Å². The minimum atomic E-state index is -0.511. The van der Waals surface area contributed by atoms with Crippen LogP contribution in [-0.4, -0.2) is 15.9 Å². The number of H-pyrrole nitrogens is 1. The molecule has 1 amide bonds. The maximum atomic E-state index is 13.1. The summed E-state index contributed by atoms with van der Waals surface area (Å²) < 4.78 is 13.1. The van der Waals surface area contributed by atoms with Gasteiger partial charge in [-0.05, 0) is 31.0 Å². The van der Waals surface area contributed by atoms with Gasteiger partial charge in [-0.25, -0.2) is 9.18 Å². The Hall–Kier alpha value is -2.50. The first-order valence-electron chi connectivity index (χ1n) is 6.57. The average Bonchev–Trinajstić information content (AvgIpc) is 2.37. The van der Waals surface area contributed by atoms with E-state index in [-0.39, 0.29) is 23.5 Å². The second kappa shape index (κ2) is 6.30. The van der Waals surface area contributed by atoms with Crippen molar-refractivity contribution >= 4 is 11.7 Å². The van der Waals surface area contributed by atoms with E-state index in [1.165, 1.54) is 12.1 Å². The highest BCUT2D eigenvalue weighted by Crippen LogP contribution is 2.12. The van der Waals surface area contributed by atoms with E-state index >= 15 is 0 Å². The lowest BCUT2D eigenvalue weighted by molar-refractivity contribution is -0.119. The van der Waals surface area contributed by atoms with Crippen LogP contribution in [0, 0.1) is 18.7 Å². The Morgan fingerprint density at radius 2 is 2.19 bits per heavy atom. The van der Waals surface area contributed by atoms with Crippen molar-refractivity contribution in [3.8, 4) is 0 Å². The molecule has 2 aromatic rings. The molecule has 0 spiro atoms. The van der Waals surface area contributed by atoms with E-state index in [0.29, 0.717) is 12.1 Å². The molecule has 21 heavy (non-hydrogen) atoms. The number of benzene rings is 1. The molecule has 2 rings (SSSR count). The molecule has 6 heteroatoms. The number of nitrogens with zero attached hydrogens (tertiary/aromatic N) is 1. The number of halogens is 1. The van der Waals surface area contributed by atoms with Crippen molar-refractivity contribution in [2.75, 3.05) is 5.32 Å². The third kappa shape index (κ3) is 4.24. The van der Waals surface area contributed by atoms with E-state index < -0.39 is 5.69 Å². The van der Waals surface area contributed by atoms with Crippen molar-refractivity contribution in [3.63, 3.8) is 0 Å². The Labute approximate surface area is 121 Å². The lowest BCUT2D eigenvalue weighted by atomic mass is 10.0. The second-order valence-corrected chi connectivity index (χ2v) is 4.98. The fourth-order valence-corrected chi connectivity index (χ4v) is 2.00. The van der Waals surface area contributed by atoms with Gasteiger partial charge >= 0.3 is 5.69 Å². The maximum Gasteiger partial charge on any atom is 0.347 e. The summed E-state index contributed by atoms with van der Waals surface area (Å²) in [7, 11) is 0. The van der Waals surface area contributed by atoms with Crippen molar-refractivity contribution in [2.24, 2.45) is 5.92 Å². The zero-order valence-electron chi connectivity index (χ0n) is 11.8. The number of amides is 1. The lowest BCUT2D eigenvalue weighted by Crippen LogP contribution is -2.24. The van der Waals surface area contributed by atoms with Gasteiger partial charge in [-0.3, -0.25) is 4.79 Å². The number of hydrogen-bond donors (Lipinski definition) is 2. The number of aromatic amines is 1. The van der Waals surface area contributed by atoms with Gasteiger partial charge in [0.05, 0.1) is 0 Å². The van der Waals surface area contributed by atoms with E-state index in [0.717, 1.165) is 5.56 Å². The Morgan fingerprint density at radius 1 is 1.43 bits per heavy atom. The van der Waals surface area contributed by atoms with Crippen LogP contribution in [0.3, 0.4) is 0 Å². The number of hydrogen-bond acceptors (Lipinski definition) is 3. The van der Waals surface area contributed by atoms with Crippen molar-refractivity contribution in [2.45, 2.75) is 20.3 Å². The molecule has 1 aromatic carbocycles. The Morgan fingerprint density at radius 3 is 2.86 bits per heavy atom.